The number of carboxylic acids is 1. The fourth-order valence-corrected chi connectivity index (χ4v) is 3.64. The Kier molecular flexibility index (Phi) is 4.05. The number of fused-ring (bicyclic) bond motifs is 3. The maximum atomic E-state index is 12.1. The molecule has 0 aliphatic carbocycles. The van der Waals surface area contributed by atoms with E-state index in [0.29, 0.717) is 4.57 Å². The van der Waals surface area contributed by atoms with Crippen molar-refractivity contribution in [2.24, 2.45) is 5.14 Å². The van der Waals surface area contributed by atoms with Gasteiger partial charge in [0.15, 0.2) is 0 Å². The zero-order chi connectivity index (χ0) is 20.1. The van der Waals surface area contributed by atoms with E-state index in [1.807, 2.05) is 0 Å². The Morgan fingerprint density at radius 3 is 2.56 bits per heavy atom. The number of hydrogen-bond donors (Lipinski definition) is 3. The van der Waals surface area contributed by atoms with Crippen LogP contribution in [0.5, 0.6) is 0 Å². The molecule has 0 atom stereocenters. The van der Waals surface area contributed by atoms with E-state index in [0.717, 1.165) is 12.1 Å². The van der Waals surface area contributed by atoms with Crippen LogP contribution in [0.2, 0.25) is 0 Å². The zero-order valence-corrected chi connectivity index (χ0v) is 14.0. The number of rotatable bonds is 4. The molecule has 0 radical (unpaired) electrons. The van der Waals surface area contributed by atoms with Gasteiger partial charge in [0.2, 0.25) is 10.0 Å². The van der Waals surface area contributed by atoms with Crippen molar-refractivity contribution in [2.45, 2.75) is 11.4 Å². The highest BCUT2D eigenvalue weighted by molar-refractivity contribution is 7.89. The Hall–Kier alpha value is -3.58. The molecule has 27 heavy (non-hydrogen) atoms. The molecular weight excluding hydrogens is 384 g/mol. The standard InChI is InChI=1S/C14H10N4O8S/c15-27(25,26)9-3-1-2-6-11(9)8(18(23)24)4-7-12(6)17(5-10(19)20)14(22)13(21)16-7/h1-4H,5H2,(H,16,21)(H,19,20)(H2,15,25,26). The molecule has 4 N–H and O–H groups in total. The van der Waals surface area contributed by atoms with Crippen molar-refractivity contribution < 1.29 is 23.2 Å². The number of carboxylic acid groups (broad SMARTS) is 1. The molecule has 1 heterocycles. The lowest BCUT2D eigenvalue weighted by Gasteiger charge is -2.12. The minimum atomic E-state index is -4.39. The summed E-state index contributed by atoms with van der Waals surface area (Å²) in [7, 11) is -4.39. The van der Waals surface area contributed by atoms with Gasteiger partial charge in [0.25, 0.3) is 5.69 Å². The van der Waals surface area contributed by atoms with Crippen molar-refractivity contribution in [1.82, 2.24) is 9.55 Å². The number of nitrogens with one attached hydrogen (secondary N) is 1. The van der Waals surface area contributed by atoms with Gasteiger partial charge in [-0.15, -0.1) is 0 Å². The Labute approximate surface area is 148 Å². The fraction of sp³-hybridized carbons (Fsp3) is 0.0714. The molecule has 1 aromatic heterocycles. The van der Waals surface area contributed by atoms with Crippen LogP contribution < -0.4 is 16.3 Å². The SMILES string of the molecule is NS(=O)(=O)c1cccc2c1c([N+](=O)[O-])cc1[nH]c(=O)c(=O)n(CC(=O)O)c12. The van der Waals surface area contributed by atoms with Crippen molar-refractivity contribution in [1.29, 1.82) is 0 Å². The number of non-ortho nitro benzene ring substituents is 1. The largest absolute Gasteiger partial charge is 0.480 e. The van der Waals surface area contributed by atoms with Gasteiger partial charge in [-0.1, -0.05) is 12.1 Å². The van der Waals surface area contributed by atoms with Crippen LogP contribution in [-0.2, 0) is 21.4 Å². The first-order valence-electron chi connectivity index (χ1n) is 7.14. The van der Waals surface area contributed by atoms with Gasteiger partial charge >= 0.3 is 17.1 Å². The van der Waals surface area contributed by atoms with Crippen LogP contribution in [0.1, 0.15) is 0 Å². The maximum Gasteiger partial charge on any atom is 0.323 e. The highest BCUT2D eigenvalue weighted by Gasteiger charge is 2.25. The summed E-state index contributed by atoms with van der Waals surface area (Å²) >= 11 is 0. The average molecular weight is 394 g/mol. The average Bonchev–Trinajstić information content (AvgIpc) is 2.56. The lowest BCUT2D eigenvalue weighted by molar-refractivity contribution is -0.383. The second kappa shape index (κ2) is 6.00. The monoisotopic (exact) mass is 394 g/mol. The van der Waals surface area contributed by atoms with Gasteiger partial charge in [-0.05, 0) is 6.07 Å². The maximum absolute atomic E-state index is 12.1. The first-order chi connectivity index (χ1) is 12.5. The zero-order valence-electron chi connectivity index (χ0n) is 13.2. The third-order valence-electron chi connectivity index (χ3n) is 3.83. The minimum Gasteiger partial charge on any atom is -0.480 e. The van der Waals surface area contributed by atoms with Crippen molar-refractivity contribution in [3.63, 3.8) is 0 Å². The number of aliphatic carboxylic acids is 1. The van der Waals surface area contributed by atoms with E-state index in [-0.39, 0.29) is 16.4 Å². The lowest BCUT2D eigenvalue weighted by Crippen LogP contribution is -2.38. The van der Waals surface area contributed by atoms with Crippen LogP contribution in [0.25, 0.3) is 21.8 Å². The quantitative estimate of drug-likeness (QED) is 0.227. The molecule has 0 spiro atoms. The van der Waals surface area contributed by atoms with Gasteiger partial charge in [0.05, 0.1) is 26.2 Å². The van der Waals surface area contributed by atoms with E-state index in [9.17, 15) is 32.9 Å². The van der Waals surface area contributed by atoms with Crippen molar-refractivity contribution >= 4 is 43.5 Å². The number of H-pyrrole nitrogens is 1. The van der Waals surface area contributed by atoms with E-state index in [1.165, 1.54) is 12.1 Å². The molecule has 0 aliphatic rings. The number of nitro groups is 1. The first-order valence-corrected chi connectivity index (χ1v) is 8.68. The van der Waals surface area contributed by atoms with Crippen molar-refractivity contribution in [2.75, 3.05) is 0 Å². The molecule has 13 heteroatoms. The Morgan fingerprint density at radius 2 is 2.00 bits per heavy atom. The molecule has 0 bridgehead atoms. The van der Waals surface area contributed by atoms with Crippen LogP contribution in [0.3, 0.4) is 0 Å². The van der Waals surface area contributed by atoms with E-state index in [2.05, 4.69) is 4.98 Å². The number of aromatic nitrogens is 2. The third kappa shape index (κ3) is 2.94. The predicted molar refractivity (Wildman–Crippen MR) is 92.0 cm³/mol. The number of carbonyl (C=O) groups is 1. The van der Waals surface area contributed by atoms with Crippen LogP contribution in [-0.4, -0.2) is 34.0 Å². The number of nitro benzene ring substituents is 1. The van der Waals surface area contributed by atoms with Crippen LogP contribution in [0.15, 0.2) is 38.8 Å². The molecule has 2 aromatic carbocycles. The molecule has 12 nitrogen and oxygen atoms in total. The first kappa shape index (κ1) is 18.2. The summed E-state index contributed by atoms with van der Waals surface area (Å²) in [6, 6.07) is 4.38. The predicted octanol–water partition coefficient (Wildman–Crippen LogP) is -0.517. The van der Waals surface area contributed by atoms with Gasteiger partial charge < -0.3 is 10.1 Å². The summed E-state index contributed by atoms with van der Waals surface area (Å²) in [6.45, 7) is -0.911. The number of aromatic amines is 1. The van der Waals surface area contributed by atoms with E-state index < -0.39 is 54.5 Å². The highest BCUT2D eigenvalue weighted by atomic mass is 32.2. The molecule has 3 aromatic rings. The van der Waals surface area contributed by atoms with Gasteiger partial charge in [0.1, 0.15) is 6.54 Å². The van der Waals surface area contributed by atoms with Crippen LogP contribution >= 0.6 is 0 Å². The summed E-state index contributed by atoms with van der Waals surface area (Å²) in [4.78, 5) is 47.2. The van der Waals surface area contributed by atoms with Gasteiger partial charge in [0, 0.05) is 11.5 Å². The number of nitrogens with two attached hydrogens (primary N) is 1. The molecule has 140 valence electrons. The molecule has 0 fully saturated rings. The number of hydrogen-bond acceptors (Lipinski definition) is 7. The van der Waals surface area contributed by atoms with Gasteiger partial charge in [-0.3, -0.25) is 29.1 Å². The minimum absolute atomic E-state index is 0.125. The second-order valence-corrected chi connectivity index (χ2v) is 7.04. The number of nitrogens with zero attached hydrogens (tertiary/aromatic N) is 2. The molecule has 0 amide bonds. The van der Waals surface area contributed by atoms with Crippen molar-refractivity contribution in [3.05, 3.63) is 55.1 Å². The Balaban J connectivity index is 2.73. The van der Waals surface area contributed by atoms with Crippen LogP contribution in [0, 0.1) is 10.1 Å². The third-order valence-corrected chi connectivity index (χ3v) is 4.78. The Bertz CT molecular complexity index is 1370. The molecule has 0 unspecified atom stereocenters. The summed E-state index contributed by atoms with van der Waals surface area (Å²) in [5.41, 5.74) is -3.45. The topological polar surface area (TPSA) is 195 Å². The van der Waals surface area contributed by atoms with Crippen molar-refractivity contribution in [3.8, 4) is 0 Å². The molecular formula is C14H10N4O8S. The highest BCUT2D eigenvalue weighted by Crippen LogP contribution is 2.35. The van der Waals surface area contributed by atoms with E-state index >= 15 is 0 Å². The molecule has 0 saturated heterocycles. The summed E-state index contributed by atoms with van der Waals surface area (Å²) in [5, 5.41) is 25.1. The number of benzene rings is 2. The van der Waals surface area contributed by atoms with E-state index in [1.54, 1.807) is 0 Å². The normalized spacial score (nSPS) is 11.7. The molecule has 3 rings (SSSR count). The Morgan fingerprint density at radius 1 is 1.33 bits per heavy atom. The van der Waals surface area contributed by atoms with Gasteiger partial charge in [-0.25, -0.2) is 13.6 Å². The van der Waals surface area contributed by atoms with Crippen LogP contribution in [0.4, 0.5) is 5.69 Å². The molecule has 0 aliphatic heterocycles. The lowest BCUT2D eigenvalue weighted by atomic mass is 10.1. The van der Waals surface area contributed by atoms with Gasteiger partial charge in [-0.2, -0.15) is 0 Å². The second-order valence-electron chi connectivity index (χ2n) is 5.51. The summed E-state index contributed by atoms with van der Waals surface area (Å²) in [5.74, 6) is -1.45. The number of primary sulfonamides is 1. The smallest absolute Gasteiger partial charge is 0.323 e. The summed E-state index contributed by atoms with van der Waals surface area (Å²) in [6.07, 6.45) is 0. The fourth-order valence-electron chi connectivity index (χ4n) is 2.87. The molecule has 0 saturated carbocycles. The van der Waals surface area contributed by atoms with E-state index in [4.69, 9.17) is 10.2 Å². The summed E-state index contributed by atoms with van der Waals surface area (Å²) < 4.78 is 24.4. The number of sulfonamides is 1.